The molecule has 0 aliphatic rings. The third kappa shape index (κ3) is 7.27. The number of rotatable bonds is 8. The van der Waals surface area contributed by atoms with E-state index in [1.54, 1.807) is 0 Å². The van der Waals surface area contributed by atoms with Crippen LogP contribution in [0.3, 0.4) is 0 Å². The Bertz CT molecular complexity index is 934. The smallest absolute Gasteiger partial charge is 0.406 e. The summed E-state index contributed by atoms with van der Waals surface area (Å²) in [4.78, 5) is 11.9. The van der Waals surface area contributed by atoms with Gasteiger partial charge in [0.1, 0.15) is 5.75 Å². The number of aromatic nitrogens is 2. The quantitative estimate of drug-likeness (QED) is 0.463. The molecule has 0 spiro atoms. The molecule has 0 saturated carbocycles. The molecule has 2 N–H and O–H groups in total. The van der Waals surface area contributed by atoms with Gasteiger partial charge in [-0.05, 0) is 36.4 Å². The molecule has 0 aliphatic heterocycles. The van der Waals surface area contributed by atoms with Gasteiger partial charge < -0.3 is 15.4 Å². The minimum atomic E-state index is -4.72. The number of carbonyl (C=O) groups is 1. The fraction of sp³-hybridized carbons (Fsp3) is 0.167. The molecule has 2 aromatic carbocycles. The number of nitrogens with zero attached hydrogens (tertiary/aromatic N) is 2. The molecule has 0 unspecified atom stereocenters. The Balaban J connectivity index is 1.44. The van der Waals surface area contributed by atoms with Crippen LogP contribution >= 0.6 is 23.1 Å². The van der Waals surface area contributed by atoms with Crippen LogP contribution in [-0.2, 0) is 4.79 Å². The topological polar surface area (TPSA) is 76.1 Å². The maximum atomic E-state index is 12.2. The molecule has 152 valence electrons. The molecule has 0 saturated heterocycles. The van der Waals surface area contributed by atoms with Gasteiger partial charge in [-0.1, -0.05) is 41.3 Å². The standard InChI is InChI=1S/C18H15F3N4O2S2/c19-18(20,21)27-14-8-6-13(7-9-14)23-16-24-25-17(29-16)28-11-10-15(26)22-12-4-2-1-3-5-12/h1-9H,10-11H2,(H,22,26)(H,23,24). The number of nitrogens with one attached hydrogen (secondary N) is 2. The van der Waals surface area contributed by atoms with Crippen LogP contribution in [0.1, 0.15) is 6.42 Å². The Labute approximate surface area is 172 Å². The predicted octanol–water partition coefficient (Wildman–Crippen LogP) is 5.30. The number of hydrogen-bond donors (Lipinski definition) is 2. The average molecular weight is 440 g/mol. The molecule has 3 aromatic rings. The molecule has 11 heteroatoms. The van der Waals surface area contributed by atoms with Gasteiger partial charge in [0, 0.05) is 23.5 Å². The van der Waals surface area contributed by atoms with Crippen LogP contribution in [0.15, 0.2) is 58.9 Å². The lowest BCUT2D eigenvalue weighted by Gasteiger charge is -2.09. The molecular weight excluding hydrogens is 425 g/mol. The minimum absolute atomic E-state index is 0.0901. The highest BCUT2D eigenvalue weighted by Crippen LogP contribution is 2.29. The number of alkyl halides is 3. The highest BCUT2D eigenvalue weighted by molar-refractivity contribution is 8.01. The first kappa shape index (κ1) is 20.9. The number of ether oxygens (including phenoxy) is 1. The summed E-state index contributed by atoms with van der Waals surface area (Å²) < 4.78 is 41.0. The fourth-order valence-corrected chi connectivity index (χ4v) is 3.94. The van der Waals surface area contributed by atoms with Crippen molar-refractivity contribution in [2.75, 3.05) is 16.4 Å². The first-order chi connectivity index (χ1) is 13.9. The molecule has 3 rings (SSSR count). The van der Waals surface area contributed by atoms with E-state index in [2.05, 4.69) is 25.6 Å². The van der Waals surface area contributed by atoms with Crippen molar-refractivity contribution in [2.45, 2.75) is 17.1 Å². The molecule has 1 heterocycles. The van der Waals surface area contributed by atoms with Crippen LogP contribution in [-0.4, -0.2) is 28.2 Å². The van der Waals surface area contributed by atoms with Gasteiger partial charge in [-0.2, -0.15) is 0 Å². The number of para-hydroxylation sites is 1. The molecule has 0 atom stereocenters. The summed E-state index contributed by atoms with van der Waals surface area (Å²) in [6.07, 6.45) is -4.40. The van der Waals surface area contributed by atoms with Crippen LogP contribution < -0.4 is 15.4 Å². The van der Waals surface area contributed by atoms with Crippen molar-refractivity contribution >= 4 is 45.5 Å². The number of halogens is 3. The molecule has 6 nitrogen and oxygen atoms in total. The largest absolute Gasteiger partial charge is 0.573 e. The van der Waals surface area contributed by atoms with Gasteiger partial charge in [0.2, 0.25) is 11.0 Å². The Morgan fingerprint density at radius 3 is 2.45 bits per heavy atom. The Kier molecular flexibility index (Phi) is 6.94. The van der Waals surface area contributed by atoms with E-state index in [0.29, 0.717) is 27.3 Å². The second-order valence-corrected chi connectivity index (χ2v) is 7.90. The zero-order valence-corrected chi connectivity index (χ0v) is 16.4. The fourth-order valence-electron chi connectivity index (χ4n) is 2.16. The van der Waals surface area contributed by atoms with Gasteiger partial charge in [0.15, 0.2) is 4.34 Å². The van der Waals surface area contributed by atoms with Crippen molar-refractivity contribution in [2.24, 2.45) is 0 Å². The lowest BCUT2D eigenvalue weighted by atomic mass is 10.3. The number of thioether (sulfide) groups is 1. The Morgan fingerprint density at radius 2 is 1.76 bits per heavy atom. The lowest BCUT2D eigenvalue weighted by molar-refractivity contribution is -0.274. The Hall–Kier alpha value is -2.79. The highest BCUT2D eigenvalue weighted by atomic mass is 32.2. The molecule has 1 amide bonds. The van der Waals surface area contributed by atoms with E-state index in [4.69, 9.17) is 0 Å². The van der Waals surface area contributed by atoms with Crippen LogP contribution in [0.5, 0.6) is 5.75 Å². The van der Waals surface area contributed by atoms with Gasteiger partial charge in [-0.25, -0.2) is 0 Å². The predicted molar refractivity (Wildman–Crippen MR) is 107 cm³/mol. The first-order valence-electron chi connectivity index (χ1n) is 8.31. The monoisotopic (exact) mass is 440 g/mol. The number of amides is 1. The van der Waals surface area contributed by atoms with E-state index in [0.717, 1.165) is 5.69 Å². The van der Waals surface area contributed by atoms with Gasteiger partial charge in [0.05, 0.1) is 0 Å². The van der Waals surface area contributed by atoms with E-state index >= 15 is 0 Å². The average Bonchev–Trinajstić information content (AvgIpc) is 3.10. The van der Waals surface area contributed by atoms with Crippen molar-refractivity contribution in [3.05, 3.63) is 54.6 Å². The normalized spacial score (nSPS) is 11.1. The van der Waals surface area contributed by atoms with Crippen molar-refractivity contribution < 1.29 is 22.7 Å². The maximum absolute atomic E-state index is 12.2. The third-order valence-electron chi connectivity index (χ3n) is 3.36. The summed E-state index contributed by atoms with van der Waals surface area (Å²) in [5.41, 5.74) is 1.30. The van der Waals surface area contributed by atoms with Gasteiger partial charge in [0.25, 0.3) is 0 Å². The summed E-state index contributed by atoms with van der Waals surface area (Å²) in [7, 11) is 0. The van der Waals surface area contributed by atoms with Crippen molar-refractivity contribution in [3.63, 3.8) is 0 Å². The lowest BCUT2D eigenvalue weighted by Crippen LogP contribution is -2.16. The summed E-state index contributed by atoms with van der Waals surface area (Å²) in [5, 5.41) is 14.3. The summed E-state index contributed by atoms with van der Waals surface area (Å²) >= 11 is 2.68. The van der Waals surface area contributed by atoms with Gasteiger partial charge in [-0.3, -0.25) is 4.79 Å². The third-order valence-corrected chi connectivity index (χ3v) is 5.33. The van der Waals surface area contributed by atoms with E-state index < -0.39 is 6.36 Å². The molecule has 0 bridgehead atoms. The number of carbonyl (C=O) groups excluding carboxylic acids is 1. The van der Waals surface area contributed by atoms with Crippen LogP contribution in [0.2, 0.25) is 0 Å². The van der Waals surface area contributed by atoms with Gasteiger partial charge >= 0.3 is 6.36 Å². The molecule has 29 heavy (non-hydrogen) atoms. The van der Waals surface area contributed by atoms with E-state index in [-0.39, 0.29) is 11.7 Å². The maximum Gasteiger partial charge on any atom is 0.573 e. The van der Waals surface area contributed by atoms with E-state index in [9.17, 15) is 18.0 Å². The van der Waals surface area contributed by atoms with Crippen molar-refractivity contribution in [1.82, 2.24) is 10.2 Å². The SMILES string of the molecule is O=C(CCSc1nnc(Nc2ccc(OC(F)(F)F)cc2)s1)Nc1ccccc1. The summed E-state index contributed by atoms with van der Waals surface area (Å²) in [5.74, 6) is 0.148. The second kappa shape index (κ2) is 9.61. The van der Waals surface area contributed by atoms with Crippen molar-refractivity contribution in [3.8, 4) is 5.75 Å². The number of hydrogen-bond acceptors (Lipinski definition) is 7. The summed E-state index contributed by atoms with van der Waals surface area (Å²) in [6.45, 7) is 0. The van der Waals surface area contributed by atoms with Crippen molar-refractivity contribution in [1.29, 1.82) is 0 Å². The first-order valence-corrected chi connectivity index (χ1v) is 10.1. The highest BCUT2D eigenvalue weighted by Gasteiger charge is 2.30. The number of anilines is 3. The molecule has 1 aromatic heterocycles. The summed E-state index contributed by atoms with van der Waals surface area (Å²) in [6, 6.07) is 14.5. The second-order valence-electron chi connectivity index (χ2n) is 5.58. The van der Waals surface area contributed by atoms with Crippen LogP contribution in [0, 0.1) is 0 Å². The molecule has 0 aliphatic carbocycles. The van der Waals surface area contributed by atoms with E-state index in [1.807, 2.05) is 30.3 Å². The molecule has 0 fully saturated rings. The zero-order chi connectivity index (χ0) is 20.7. The Morgan fingerprint density at radius 1 is 1.03 bits per heavy atom. The zero-order valence-electron chi connectivity index (χ0n) is 14.8. The van der Waals surface area contributed by atoms with Crippen LogP contribution in [0.25, 0.3) is 0 Å². The molecular formula is C18H15F3N4O2S2. The molecule has 0 radical (unpaired) electrons. The minimum Gasteiger partial charge on any atom is -0.406 e. The number of benzene rings is 2. The van der Waals surface area contributed by atoms with Gasteiger partial charge in [-0.15, -0.1) is 23.4 Å². The van der Waals surface area contributed by atoms with E-state index in [1.165, 1.54) is 47.4 Å². The van der Waals surface area contributed by atoms with Crippen LogP contribution in [0.4, 0.5) is 29.7 Å².